The first-order valence-corrected chi connectivity index (χ1v) is 16.7. The second kappa shape index (κ2) is 11.4. The van der Waals surface area contributed by atoms with Crippen molar-refractivity contribution in [2.75, 3.05) is 0 Å². The molecule has 0 spiro atoms. The van der Waals surface area contributed by atoms with Crippen molar-refractivity contribution in [1.82, 2.24) is 29.1 Å². The van der Waals surface area contributed by atoms with Crippen molar-refractivity contribution >= 4 is 43.7 Å². The summed E-state index contributed by atoms with van der Waals surface area (Å²) in [4.78, 5) is 20.0. The van der Waals surface area contributed by atoms with E-state index in [9.17, 15) is 0 Å². The second-order valence-electron chi connectivity index (χ2n) is 12.4. The topological polar surface area (TPSA) is 61.4 Å². The van der Waals surface area contributed by atoms with E-state index in [4.69, 9.17) is 19.9 Å². The normalized spacial score (nSPS) is 11.6. The minimum Gasteiger partial charge on any atom is -0.309 e. The average molecular weight is 641 g/mol. The molecule has 0 aliphatic heterocycles. The highest BCUT2D eigenvalue weighted by molar-refractivity contribution is 6.11. The van der Waals surface area contributed by atoms with E-state index in [1.165, 1.54) is 21.8 Å². The van der Waals surface area contributed by atoms with Crippen LogP contribution in [0.1, 0.15) is 0 Å². The van der Waals surface area contributed by atoms with Crippen molar-refractivity contribution < 1.29 is 0 Å². The quantitative estimate of drug-likeness (QED) is 0.188. The van der Waals surface area contributed by atoms with Crippen LogP contribution < -0.4 is 0 Å². The molecule has 0 aliphatic carbocycles. The summed E-state index contributed by atoms with van der Waals surface area (Å²) in [5.41, 5.74) is 9.35. The Kier molecular flexibility index (Phi) is 6.39. The van der Waals surface area contributed by atoms with Crippen LogP contribution >= 0.6 is 0 Å². The third kappa shape index (κ3) is 4.50. The summed E-state index contributed by atoms with van der Waals surface area (Å²) >= 11 is 0. The smallest absolute Gasteiger partial charge is 0.240 e. The van der Waals surface area contributed by atoms with E-state index < -0.39 is 0 Å². The number of hydrogen-bond donors (Lipinski definition) is 0. The van der Waals surface area contributed by atoms with E-state index in [2.05, 4.69) is 106 Å². The van der Waals surface area contributed by atoms with Crippen LogP contribution in [0.3, 0.4) is 0 Å². The van der Waals surface area contributed by atoms with Gasteiger partial charge < -0.3 is 4.57 Å². The first kappa shape index (κ1) is 28.1. The maximum absolute atomic E-state index is 5.08. The van der Waals surface area contributed by atoms with Crippen LogP contribution in [0.15, 0.2) is 170 Å². The summed E-state index contributed by atoms with van der Waals surface area (Å²) in [5, 5.41) is 4.56. The van der Waals surface area contributed by atoms with Gasteiger partial charge in [-0.05, 0) is 59.7 Å². The van der Waals surface area contributed by atoms with E-state index >= 15 is 0 Å². The molecular weight excluding hydrogens is 613 g/mol. The molecule has 6 heteroatoms. The number of nitrogens with zero attached hydrogens (tertiary/aromatic N) is 6. The van der Waals surface area contributed by atoms with E-state index in [1.54, 1.807) is 0 Å². The highest BCUT2D eigenvalue weighted by atomic mass is 15.2. The predicted molar refractivity (Wildman–Crippen MR) is 203 cm³/mol. The van der Waals surface area contributed by atoms with Crippen molar-refractivity contribution in [2.45, 2.75) is 0 Å². The van der Waals surface area contributed by atoms with Crippen LogP contribution in [-0.2, 0) is 0 Å². The van der Waals surface area contributed by atoms with Crippen LogP contribution in [0.4, 0.5) is 0 Å². The highest BCUT2D eigenvalue weighted by Crippen LogP contribution is 2.37. The first-order valence-electron chi connectivity index (χ1n) is 16.7. The molecule has 0 N–H and O–H groups in total. The standard InChI is InChI=1S/C44H28N6/c1-4-13-29(14-5-1)41-46-42(30-15-6-2-7-16-30)48-44(47-41)50-40-28-32(22-24-35(40)36-20-12-26-45-43(36)50)31-23-25-39-37(27-31)34-19-10-11-21-38(34)49(39)33-17-8-3-9-18-33/h1-28H. The fraction of sp³-hybridized carbons (Fsp3) is 0. The largest absolute Gasteiger partial charge is 0.309 e. The molecule has 0 saturated carbocycles. The van der Waals surface area contributed by atoms with Gasteiger partial charge in [-0.3, -0.25) is 4.57 Å². The zero-order valence-corrected chi connectivity index (χ0v) is 26.8. The molecule has 0 unspecified atom stereocenters. The summed E-state index contributed by atoms with van der Waals surface area (Å²) in [6.45, 7) is 0. The molecule has 0 fully saturated rings. The number of para-hydroxylation sites is 2. The van der Waals surface area contributed by atoms with E-state index in [0.29, 0.717) is 17.6 Å². The van der Waals surface area contributed by atoms with Gasteiger partial charge in [0.15, 0.2) is 11.6 Å². The summed E-state index contributed by atoms with van der Waals surface area (Å²) in [6.07, 6.45) is 1.83. The zero-order chi connectivity index (χ0) is 33.0. The highest BCUT2D eigenvalue weighted by Gasteiger charge is 2.20. The molecule has 234 valence electrons. The number of pyridine rings is 1. The number of fused-ring (bicyclic) bond motifs is 6. The van der Waals surface area contributed by atoms with Crippen LogP contribution in [0.2, 0.25) is 0 Å². The maximum atomic E-state index is 5.08. The molecule has 6 nitrogen and oxygen atoms in total. The molecule has 0 aliphatic rings. The number of rotatable bonds is 5. The Hall–Kier alpha value is -6.92. The van der Waals surface area contributed by atoms with Gasteiger partial charge >= 0.3 is 0 Å². The third-order valence-corrected chi connectivity index (χ3v) is 9.44. The maximum Gasteiger partial charge on any atom is 0.240 e. The van der Waals surface area contributed by atoms with Gasteiger partial charge in [0.2, 0.25) is 5.95 Å². The van der Waals surface area contributed by atoms with Gasteiger partial charge in [-0.2, -0.15) is 9.97 Å². The fourth-order valence-electron chi connectivity index (χ4n) is 7.13. The molecule has 0 amide bonds. The van der Waals surface area contributed by atoms with Crippen LogP contribution in [0, 0.1) is 0 Å². The van der Waals surface area contributed by atoms with E-state index in [-0.39, 0.29) is 0 Å². The Morgan fingerprint density at radius 3 is 1.68 bits per heavy atom. The lowest BCUT2D eigenvalue weighted by Gasteiger charge is -2.11. The van der Waals surface area contributed by atoms with Crippen LogP contribution in [-0.4, -0.2) is 29.1 Å². The summed E-state index contributed by atoms with van der Waals surface area (Å²) < 4.78 is 4.42. The van der Waals surface area contributed by atoms with Crippen molar-refractivity contribution in [1.29, 1.82) is 0 Å². The van der Waals surface area contributed by atoms with Gasteiger partial charge in [0.1, 0.15) is 5.65 Å². The average Bonchev–Trinajstić information content (AvgIpc) is 3.71. The molecule has 10 rings (SSSR count). The molecule has 0 saturated heterocycles. The van der Waals surface area contributed by atoms with E-state index in [1.807, 2.05) is 72.9 Å². The van der Waals surface area contributed by atoms with Crippen LogP contribution in [0.5, 0.6) is 0 Å². The summed E-state index contributed by atoms with van der Waals surface area (Å²) in [6, 6.07) is 56.8. The predicted octanol–water partition coefficient (Wildman–Crippen LogP) is 10.5. The van der Waals surface area contributed by atoms with Crippen molar-refractivity contribution in [2.24, 2.45) is 0 Å². The van der Waals surface area contributed by atoms with Gasteiger partial charge in [-0.25, -0.2) is 9.97 Å². The molecule has 0 atom stereocenters. The minimum absolute atomic E-state index is 0.523. The number of benzene rings is 6. The molecule has 50 heavy (non-hydrogen) atoms. The summed E-state index contributed by atoms with van der Waals surface area (Å²) in [7, 11) is 0. The lowest BCUT2D eigenvalue weighted by atomic mass is 10.0. The third-order valence-electron chi connectivity index (χ3n) is 9.44. The Labute approximate surface area is 287 Å². The number of aromatic nitrogens is 6. The molecule has 6 aromatic carbocycles. The SMILES string of the molecule is c1ccc(-c2nc(-c3ccccc3)nc(-n3c4cc(-c5ccc6c(c5)c5ccccc5n6-c5ccccc5)ccc4c4cccnc43)n2)cc1. The molecule has 0 radical (unpaired) electrons. The van der Waals surface area contributed by atoms with Gasteiger partial charge in [-0.15, -0.1) is 0 Å². The minimum atomic E-state index is 0.523. The molecule has 0 bridgehead atoms. The monoisotopic (exact) mass is 640 g/mol. The molecule has 10 aromatic rings. The number of hydrogen-bond acceptors (Lipinski definition) is 4. The molecule has 4 heterocycles. The van der Waals surface area contributed by atoms with Crippen LogP contribution in [0.25, 0.3) is 89.3 Å². The van der Waals surface area contributed by atoms with Gasteiger partial charge in [0, 0.05) is 44.6 Å². The van der Waals surface area contributed by atoms with Crippen molar-refractivity contribution in [3.63, 3.8) is 0 Å². The lowest BCUT2D eigenvalue weighted by molar-refractivity contribution is 0.944. The lowest BCUT2D eigenvalue weighted by Crippen LogP contribution is -2.07. The Balaban J connectivity index is 1.20. The zero-order valence-electron chi connectivity index (χ0n) is 26.8. The molecular formula is C44H28N6. The van der Waals surface area contributed by atoms with Gasteiger partial charge in [0.05, 0.1) is 16.6 Å². The first-order chi connectivity index (χ1) is 24.8. The van der Waals surface area contributed by atoms with Gasteiger partial charge in [0.25, 0.3) is 0 Å². The second-order valence-corrected chi connectivity index (χ2v) is 12.4. The van der Waals surface area contributed by atoms with Gasteiger partial charge in [-0.1, -0.05) is 115 Å². The molecule has 4 aromatic heterocycles. The van der Waals surface area contributed by atoms with E-state index in [0.717, 1.165) is 49.9 Å². The van der Waals surface area contributed by atoms with Crippen molar-refractivity contribution in [3.8, 4) is 45.5 Å². The Morgan fingerprint density at radius 2 is 0.940 bits per heavy atom. The fourth-order valence-corrected chi connectivity index (χ4v) is 7.13. The summed E-state index contributed by atoms with van der Waals surface area (Å²) in [5.74, 6) is 1.74. The van der Waals surface area contributed by atoms with Crippen molar-refractivity contribution in [3.05, 3.63) is 170 Å². The Bertz CT molecular complexity index is 2800. The Morgan fingerprint density at radius 1 is 0.360 bits per heavy atom.